The SMILES string of the molecule is c1ccc(CCCNCc2ccccc2-n2ccnc2)cc1. The number of rotatable bonds is 7. The Balaban J connectivity index is 1.50. The van der Waals surface area contributed by atoms with Gasteiger partial charge in [-0.25, -0.2) is 4.98 Å². The van der Waals surface area contributed by atoms with Crippen molar-refractivity contribution in [2.45, 2.75) is 19.4 Å². The summed E-state index contributed by atoms with van der Waals surface area (Å²) in [5.41, 5.74) is 3.89. The van der Waals surface area contributed by atoms with E-state index in [0.717, 1.165) is 25.9 Å². The van der Waals surface area contributed by atoms with Gasteiger partial charge in [-0.05, 0) is 36.6 Å². The topological polar surface area (TPSA) is 29.9 Å². The van der Waals surface area contributed by atoms with E-state index in [1.165, 1.54) is 16.8 Å². The summed E-state index contributed by atoms with van der Waals surface area (Å²) >= 11 is 0. The van der Waals surface area contributed by atoms with Crippen LogP contribution < -0.4 is 5.32 Å². The van der Waals surface area contributed by atoms with Gasteiger partial charge in [0.05, 0.1) is 12.0 Å². The lowest BCUT2D eigenvalue weighted by atomic mass is 10.1. The van der Waals surface area contributed by atoms with Crippen molar-refractivity contribution >= 4 is 0 Å². The van der Waals surface area contributed by atoms with Crippen LogP contribution in [0.25, 0.3) is 5.69 Å². The molecular formula is C19H21N3. The molecule has 0 radical (unpaired) electrons. The van der Waals surface area contributed by atoms with Gasteiger partial charge in [-0.3, -0.25) is 0 Å². The van der Waals surface area contributed by atoms with Gasteiger partial charge in [0.25, 0.3) is 0 Å². The Hall–Kier alpha value is -2.39. The molecule has 0 spiro atoms. The molecule has 3 rings (SSSR count). The lowest BCUT2D eigenvalue weighted by molar-refractivity contribution is 0.647. The maximum absolute atomic E-state index is 4.13. The Labute approximate surface area is 131 Å². The number of aryl methyl sites for hydroxylation is 1. The van der Waals surface area contributed by atoms with Crippen molar-refractivity contribution < 1.29 is 0 Å². The average molecular weight is 291 g/mol. The van der Waals surface area contributed by atoms with Crippen LogP contribution in [0.5, 0.6) is 0 Å². The molecule has 0 fully saturated rings. The quantitative estimate of drug-likeness (QED) is 0.674. The summed E-state index contributed by atoms with van der Waals surface area (Å²) < 4.78 is 2.06. The maximum Gasteiger partial charge on any atom is 0.0991 e. The molecule has 0 saturated carbocycles. The van der Waals surface area contributed by atoms with Crippen LogP contribution in [0.4, 0.5) is 0 Å². The predicted molar refractivity (Wildman–Crippen MR) is 90.0 cm³/mol. The van der Waals surface area contributed by atoms with Crippen molar-refractivity contribution in [1.82, 2.24) is 14.9 Å². The zero-order valence-electron chi connectivity index (χ0n) is 12.7. The molecule has 0 amide bonds. The molecule has 3 aromatic rings. The number of nitrogens with zero attached hydrogens (tertiary/aromatic N) is 2. The Morgan fingerprint density at radius 3 is 2.59 bits per heavy atom. The van der Waals surface area contributed by atoms with E-state index >= 15 is 0 Å². The first-order valence-electron chi connectivity index (χ1n) is 7.74. The Kier molecular flexibility index (Phi) is 5.00. The van der Waals surface area contributed by atoms with Gasteiger partial charge in [0.2, 0.25) is 0 Å². The monoisotopic (exact) mass is 291 g/mol. The third kappa shape index (κ3) is 3.83. The number of aromatic nitrogens is 2. The van der Waals surface area contributed by atoms with E-state index in [2.05, 4.69) is 69.5 Å². The van der Waals surface area contributed by atoms with Crippen LogP contribution in [0.3, 0.4) is 0 Å². The van der Waals surface area contributed by atoms with E-state index in [4.69, 9.17) is 0 Å². The van der Waals surface area contributed by atoms with Gasteiger partial charge in [-0.1, -0.05) is 48.5 Å². The van der Waals surface area contributed by atoms with Crippen molar-refractivity contribution in [3.8, 4) is 5.69 Å². The molecule has 0 aliphatic rings. The van der Waals surface area contributed by atoms with Crippen LogP contribution in [0.1, 0.15) is 17.5 Å². The summed E-state index contributed by atoms with van der Waals surface area (Å²) in [7, 11) is 0. The van der Waals surface area contributed by atoms with E-state index in [9.17, 15) is 0 Å². The molecule has 2 aromatic carbocycles. The van der Waals surface area contributed by atoms with Crippen molar-refractivity contribution in [2.75, 3.05) is 6.54 Å². The van der Waals surface area contributed by atoms with Crippen molar-refractivity contribution in [3.05, 3.63) is 84.4 Å². The summed E-state index contributed by atoms with van der Waals surface area (Å²) in [5, 5.41) is 3.54. The highest BCUT2D eigenvalue weighted by molar-refractivity contribution is 5.40. The van der Waals surface area contributed by atoms with Gasteiger partial charge < -0.3 is 9.88 Å². The Morgan fingerprint density at radius 1 is 0.955 bits per heavy atom. The van der Waals surface area contributed by atoms with Crippen LogP contribution in [0, 0.1) is 0 Å². The summed E-state index contributed by atoms with van der Waals surface area (Å²) in [6.45, 7) is 1.90. The fourth-order valence-corrected chi connectivity index (χ4v) is 2.60. The van der Waals surface area contributed by atoms with E-state index in [1.807, 2.05) is 18.7 Å². The first-order chi connectivity index (χ1) is 10.9. The zero-order valence-corrected chi connectivity index (χ0v) is 12.7. The van der Waals surface area contributed by atoms with Gasteiger partial charge in [0.1, 0.15) is 0 Å². The number of hydrogen-bond donors (Lipinski definition) is 1. The van der Waals surface area contributed by atoms with E-state index in [1.54, 1.807) is 0 Å². The largest absolute Gasteiger partial charge is 0.313 e. The van der Waals surface area contributed by atoms with Crippen molar-refractivity contribution in [1.29, 1.82) is 0 Å². The predicted octanol–water partition coefficient (Wildman–Crippen LogP) is 3.59. The molecule has 22 heavy (non-hydrogen) atoms. The molecule has 0 saturated heterocycles. The normalized spacial score (nSPS) is 10.7. The van der Waals surface area contributed by atoms with Gasteiger partial charge in [0, 0.05) is 18.9 Å². The summed E-state index contributed by atoms with van der Waals surface area (Å²) in [6, 6.07) is 19.1. The minimum atomic E-state index is 0.878. The Bertz CT molecular complexity index is 675. The van der Waals surface area contributed by atoms with Crippen LogP contribution in [-0.4, -0.2) is 16.1 Å². The molecule has 0 atom stereocenters. The zero-order chi connectivity index (χ0) is 15.0. The Morgan fingerprint density at radius 2 is 1.77 bits per heavy atom. The summed E-state index contributed by atoms with van der Waals surface area (Å²) in [4.78, 5) is 4.13. The van der Waals surface area contributed by atoms with Crippen LogP contribution >= 0.6 is 0 Å². The molecule has 3 heteroatoms. The van der Waals surface area contributed by atoms with Crippen molar-refractivity contribution in [2.24, 2.45) is 0 Å². The second kappa shape index (κ2) is 7.57. The minimum Gasteiger partial charge on any atom is -0.313 e. The van der Waals surface area contributed by atoms with Crippen LogP contribution in [0.15, 0.2) is 73.3 Å². The fraction of sp³-hybridized carbons (Fsp3) is 0.211. The second-order valence-electron chi connectivity index (χ2n) is 5.36. The molecule has 0 bridgehead atoms. The number of imidazole rings is 1. The first kappa shape index (κ1) is 14.5. The molecule has 3 nitrogen and oxygen atoms in total. The third-order valence-corrected chi connectivity index (χ3v) is 3.75. The highest BCUT2D eigenvalue weighted by atomic mass is 15.0. The fourth-order valence-electron chi connectivity index (χ4n) is 2.60. The number of nitrogens with one attached hydrogen (secondary N) is 1. The third-order valence-electron chi connectivity index (χ3n) is 3.75. The first-order valence-corrected chi connectivity index (χ1v) is 7.74. The lowest BCUT2D eigenvalue weighted by Gasteiger charge is -2.11. The van der Waals surface area contributed by atoms with Gasteiger partial charge in [0.15, 0.2) is 0 Å². The van der Waals surface area contributed by atoms with Crippen molar-refractivity contribution in [3.63, 3.8) is 0 Å². The lowest BCUT2D eigenvalue weighted by Crippen LogP contribution is -2.16. The molecule has 1 heterocycles. The van der Waals surface area contributed by atoms with E-state index in [0.29, 0.717) is 0 Å². The number of para-hydroxylation sites is 1. The van der Waals surface area contributed by atoms with Crippen LogP contribution in [0.2, 0.25) is 0 Å². The molecule has 1 aromatic heterocycles. The molecule has 0 aliphatic heterocycles. The highest BCUT2D eigenvalue weighted by Crippen LogP contribution is 2.13. The standard InChI is InChI=1S/C19H21N3/c1-2-7-17(8-3-1)9-6-12-20-15-18-10-4-5-11-19(18)22-14-13-21-16-22/h1-5,7-8,10-11,13-14,16,20H,6,9,12,15H2. The molecule has 112 valence electrons. The van der Waals surface area contributed by atoms with E-state index in [-0.39, 0.29) is 0 Å². The molecule has 0 unspecified atom stereocenters. The number of hydrogen-bond acceptors (Lipinski definition) is 2. The maximum atomic E-state index is 4.13. The minimum absolute atomic E-state index is 0.878. The van der Waals surface area contributed by atoms with Crippen LogP contribution in [-0.2, 0) is 13.0 Å². The molecule has 0 aliphatic carbocycles. The smallest absolute Gasteiger partial charge is 0.0991 e. The van der Waals surface area contributed by atoms with Gasteiger partial charge in [-0.2, -0.15) is 0 Å². The second-order valence-corrected chi connectivity index (χ2v) is 5.36. The van der Waals surface area contributed by atoms with Gasteiger partial charge >= 0.3 is 0 Å². The number of benzene rings is 2. The molecular weight excluding hydrogens is 270 g/mol. The summed E-state index contributed by atoms with van der Waals surface area (Å²) in [5.74, 6) is 0. The van der Waals surface area contributed by atoms with E-state index < -0.39 is 0 Å². The average Bonchev–Trinajstić information content (AvgIpc) is 3.10. The summed E-state index contributed by atoms with van der Waals surface area (Å²) in [6.07, 6.45) is 7.90. The molecule has 1 N–H and O–H groups in total. The van der Waals surface area contributed by atoms with Gasteiger partial charge in [-0.15, -0.1) is 0 Å². The highest BCUT2D eigenvalue weighted by Gasteiger charge is 2.02.